The van der Waals surface area contributed by atoms with Gasteiger partial charge in [-0.25, -0.2) is 14.4 Å². The Morgan fingerprint density at radius 1 is 1.16 bits per heavy atom. The van der Waals surface area contributed by atoms with Crippen molar-refractivity contribution in [3.05, 3.63) is 83.8 Å². The van der Waals surface area contributed by atoms with Crippen molar-refractivity contribution in [1.29, 1.82) is 0 Å². The molecule has 4 aromatic rings. The van der Waals surface area contributed by atoms with Gasteiger partial charge >= 0.3 is 0 Å². The van der Waals surface area contributed by atoms with Crippen molar-refractivity contribution in [2.45, 2.75) is 50.8 Å². The van der Waals surface area contributed by atoms with Crippen molar-refractivity contribution >= 4 is 22.5 Å². The first-order valence-electron chi connectivity index (χ1n) is 12.0. The van der Waals surface area contributed by atoms with Crippen LogP contribution in [0.2, 0.25) is 0 Å². The lowest BCUT2D eigenvalue weighted by molar-refractivity contribution is 0.0719. The molecule has 5 rings (SSSR count). The number of rotatable bonds is 8. The molecule has 0 fully saturated rings. The lowest BCUT2D eigenvalue weighted by atomic mass is 10.1. The van der Waals surface area contributed by atoms with E-state index in [2.05, 4.69) is 31.0 Å². The number of aliphatic hydroxyl groups excluding tert-OH is 2. The lowest BCUT2D eigenvalue weighted by Crippen LogP contribution is -2.57. The molecule has 1 aliphatic rings. The number of nitrogens with zero attached hydrogens (tertiary/aromatic N) is 4. The molecule has 4 atom stereocenters. The first-order valence-corrected chi connectivity index (χ1v) is 12.0. The number of hydrogen-bond donors (Lipinski definition) is 5. The van der Waals surface area contributed by atoms with Crippen LogP contribution in [0.1, 0.15) is 47.4 Å². The molecule has 2 aromatic heterocycles. The molecule has 0 bridgehead atoms. The predicted octanol–water partition coefficient (Wildman–Crippen LogP) is 2.28. The first kappa shape index (κ1) is 24.8. The minimum Gasteiger partial charge on any atom is -0.391 e. The summed E-state index contributed by atoms with van der Waals surface area (Å²) in [6.45, 7) is 3.93. The molecule has 2 unspecified atom stereocenters. The Kier molecular flexibility index (Phi) is 6.83. The number of hydrogen-bond acceptors (Lipinski definition) is 8. The van der Waals surface area contributed by atoms with Gasteiger partial charge < -0.3 is 20.8 Å². The Morgan fingerprint density at radius 2 is 1.92 bits per heavy atom. The maximum absolute atomic E-state index is 15.0. The number of halogens is 1. The van der Waals surface area contributed by atoms with E-state index in [0.29, 0.717) is 17.3 Å². The molecule has 11 heteroatoms. The molecule has 2 aromatic carbocycles. The number of nitrogens with one attached hydrogen (secondary N) is 3. The molecule has 0 spiro atoms. The van der Waals surface area contributed by atoms with Gasteiger partial charge in [0.1, 0.15) is 18.3 Å². The van der Waals surface area contributed by atoms with Crippen molar-refractivity contribution in [3.8, 4) is 0 Å². The lowest BCUT2D eigenvalue weighted by Gasteiger charge is -2.31. The molecule has 0 saturated heterocycles. The fraction of sp³-hybridized carbons (Fsp3) is 0.308. The van der Waals surface area contributed by atoms with Crippen LogP contribution in [0.4, 0.5) is 10.1 Å². The van der Waals surface area contributed by atoms with Crippen molar-refractivity contribution in [2.24, 2.45) is 0 Å². The quantitative estimate of drug-likeness (QED) is 0.230. The number of anilines is 1. The zero-order valence-electron chi connectivity index (χ0n) is 20.3. The SMILES string of the molecule is CC(C)n1ncc2cc(F)c(NC(O)C(NC(=O)c3cncnc3)N[C@H]3c4ccccc4C[C@H]3O)cc21. The number of amides is 1. The molecule has 1 amide bonds. The monoisotopic (exact) mass is 505 g/mol. The molecule has 0 aliphatic heterocycles. The topological polar surface area (TPSA) is 137 Å². The second-order valence-electron chi connectivity index (χ2n) is 9.36. The summed E-state index contributed by atoms with van der Waals surface area (Å²) in [5.74, 6) is -1.13. The summed E-state index contributed by atoms with van der Waals surface area (Å²) < 4.78 is 16.7. The van der Waals surface area contributed by atoms with E-state index < -0.39 is 36.3 Å². The van der Waals surface area contributed by atoms with E-state index in [0.717, 1.165) is 11.1 Å². The second kappa shape index (κ2) is 10.2. The Balaban J connectivity index is 1.44. The van der Waals surface area contributed by atoms with Gasteiger partial charge in [-0.05, 0) is 37.1 Å². The van der Waals surface area contributed by atoms with Crippen LogP contribution in [0, 0.1) is 5.82 Å². The minimum absolute atomic E-state index is 0.0406. The third kappa shape index (κ3) is 5.01. The molecule has 37 heavy (non-hydrogen) atoms. The highest BCUT2D eigenvalue weighted by molar-refractivity contribution is 5.93. The predicted molar refractivity (Wildman–Crippen MR) is 135 cm³/mol. The smallest absolute Gasteiger partial charge is 0.255 e. The third-order valence-corrected chi connectivity index (χ3v) is 6.47. The average molecular weight is 506 g/mol. The molecule has 0 radical (unpaired) electrons. The van der Waals surface area contributed by atoms with Crippen LogP contribution in [0.15, 0.2) is 61.3 Å². The molecule has 2 heterocycles. The summed E-state index contributed by atoms with van der Waals surface area (Å²) in [6.07, 6.45) is 2.63. The Bertz CT molecular complexity index is 1410. The first-order chi connectivity index (χ1) is 17.8. The van der Waals surface area contributed by atoms with Crippen LogP contribution >= 0.6 is 0 Å². The highest BCUT2D eigenvalue weighted by atomic mass is 19.1. The van der Waals surface area contributed by atoms with Gasteiger partial charge in [-0.2, -0.15) is 5.10 Å². The summed E-state index contributed by atoms with van der Waals surface area (Å²) in [5.41, 5.74) is 2.75. The molecule has 5 N–H and O–H groups in total. The normalized spacial score (nSPS) is 18.5. The molecular weight excluding hydrogens is 477 g/mol. The number of carbonyl (C=O) groups is 1. The van der Waals surface area contributed by atoms with E-state index in [1.54, 1.807) is 16.9 Å². The summed E-state index contributed by atoms with van der Waals surface area (Å²) in [5, 5.41) is 35.5. The summed E-state index contributed by atoms with van der Waals surface area (Å²) >= 11 is 0. The van der Waals surface area contributed by atoms with Crippen LogP contribution in [0.5, 0.6) is 0 Å². The van der Waals surface area contributed by atoms with Gasteiger partial charge in [0.05, 0.1) is 35.1 Å². The van der Waals surface area contributed by atoms with E-state index in [1.807, 2.05) is 38.1 Å². The fourth-order valence-electron chi connectivity index (χ4n) is 4.65. The highest BCUT2D eigenvalue weighted by Crippen LogP contribution is 2.32. The van der Waals surface area contributed by atoms with Crippen molar-refractivity contribution in [3.63, 3.8) is 0 Å². The molecular formula is C26H28FN7O3. The number of aliphatic hydroxyl groups is 2. The zero-order chi connectivity index (χ0) is 26.1. The Hall–Kier alpha value is -3.93. The number of fused-ring (bicyclic) bond motifs is 2. The van der Waals surface area contributed by atoms with Gasteiger partial charge in [0.25, 0.3) is 5.91 Å². The Labute approximate surface area is 212 Å². The van der Waals surface area contributed by atoms with Crippen LogP contribution in [-0.2, 0) is 6.42 Å². The zero-order valence-corrected chi connectivity index (χ0v) is 20.3. The van der Waals surface area contributed by atoms with Crippen LogP contribution in [-0.4, -0.2) is 54.4 Å². The second-order valence-corrected chi connectivity index (χ2v) is 9.36. The summed E-state index contributed by atoms with van der Waals surface area (Å²) in [7, 11) is 0. The van der Waals surface area contributed by atoms with Gasteiger partial charge in [-0.15, -0.1) is 0 Å². The van der Waals surface area contributed by atoms with Gasteiger partial charge in [0, 0.05) is 30.2 Å². The largest absolute Gasteiger partial charge is 0.391 e. The van der Waals surface area contributed by atoms with Crippen LogP contribution < -0.4 is 16.0 Å². The average Bonchev–Trinajstić information content (AvgIpc) is 3.44. The van der Waals surface area contributed by atoms with Gasteiger partial charge in [0.2, 0.25) is 0 Å². The maximum Gasteiger partial charge on any atom is 0.255 e. The number of carbonyl (C=O) groups excluding carboxylic acids is 1. The number of benzene rings is 2. The van der Waals surface area contributed by atoms with Crippen LogP contribution in [0.3, 0.4) is 0 Å². The number of aromatic nitrogens is 4. The Morgan fingerprint density at radius 3 is 2.68 bits per heavy atom. The van der Waals surface area contributed by atoms with Crippen molar-refractivity contribution in [1.82, 2.24) is 30.4 Å². The van der Waals surface area contributed by atoms with E-state index >= 15 is 0 Å². The molecule has 0 saturated carbocycles. The van der Waals surface area contributed by atoms with Gasteiger partial charge in [-0.1, -0.05) is 24.3 Å². The van der Waals surface area contributed by atoms with Gasteiger partial charge in [0.15, 0.2) is 6.23 Å². The van der Waals surface area contributed by atoms with E-state index in [9.17, 15) is 19.4 Å². The molecule has 1 aliphatic carbocycles. The highest BCUT2D eigenvalue weighted by Gasteiger charge is 2.35. The van der Waals surface area contributed by atoms with E-state index in [-0.39, 0.29) is 17.3 Å². The van der Waals surface area contributed by atoms with E-state index in [4.69, 9.17) is 0 Å². The third-order valence-electron chi connectivity index (χ3n) is 6.47. The summed E-state index contributed by atoms with van der Waals surface area (Å²) in [6, 6.07) is 9.95. The standard InChI is InChI=1S/C26H28FN7O3/c1-14(2)34-21-9-20(19(27)7-16(21)12-30-34)31-26(37)24(33-25(36)17-10-28-13-29-11-17)32-23-18-6-4-3-5-15(18)8-22(23)35/h3-7,9-14,22-24,26,31-32,35,37H,8H2,1-2H3,(H,33,36)/t22-,23+,24?,26?/m1/s1. The van der Waals surface area contributed by atoms with Gasteiger partial charge in [-0.3, -0.25) is 14.8 Å². The van der Waals surface area contributed by atoms with Crippen LogP contribution in [0.25, 0.3) is 10.9 Å². The van der Waals surface area contributed by atoms with Crippen molar-refractivity contribution in [2.75, 3.05) is 5.32 Å². The van der Waals surface area contributed by atoms with Crippen molar-refractivity contribution < 1.29 is 19.4 Å². The molecule has 10 nitrogen and oxygen atoms in total. The summed E-state index contributed by atoms with van der Waals surface area (Å²) in [4.78, 5) is 20.6. The minimum atomic E-state index is -1.48. The fourth-order valence-corrected chi connectivity index (χ4v) is 4.65. The van der Waals surface area contributed by atoms with E-state index in [1.165, 1.54) is 24.8 Å². The molecule has 192 valence electrons. The maximum atomic E-state index is 15.0.